The molecular formula is C12H11BrN6O. The number of carbonyl (C=O) groups excluding carboxylic acids is 1. The van der Waals surface area contributed by atoms with E-state index in [2.05, 4.69) is 36.2 Å². The van der Waals surface area contributed by atoms with E-state index in [4.69, 9.17) is 5.53 Å². The predicted molar refractivity (Wildman–Crippen MR) is 78.3 cm³/mol. The number of carbonyl (C=O) groups is 1. The normalized spacial score (nSPS) is 18.6. The van der Waals surface area contributed by atoms with Crippen LogP contribution in [0.2, 0.25) is 0 Å². The zero-order valence-corrected chi connectivity index (χ0v) is 12.0. The molecule has 1 fully saturated rings. The average Bonchev–Trinajstić information content (AvgIpc) is 3.00. The summed E-state index contributed by atoms with van der Waals surface area (Å²) in [4.78, 5) is 16.5. The fraction of sp³-hybridized carbons (Fsp3) is 0.333. The molecule has 0 saturated carbocycles. The third-order valence-corrected chi connectivity index (χ3v) is 4.02. The van der Waals surface area contributed by atoms with Gasteiger partial charge in [-0.15, -0.1) is 0 Å². The molecule has 1 atom stereocenters. The van der Waals surface area contributed by atoms with E-state index in [1.807, 2.05) is 18.2 Å². The van der Waals surface area contributed by atoms with Crippen molar-refractivity contribution in [1.29, 1.82) is 0 Å². The van der Waals surface area contributed by atoms with Crippen LogP contribution in [0.4, 0.5) is 5.69 Å². The number of aromatic nitrogens is 2. The summed E-state index contributed by atoms with van der Waals surface area (Å²) in [6, 6.07) is 5.68. The van der Waals surface area contributed by atoms with Crippen LogP contribution in [0.1, 0.15) is 6.42 Å². The van der Waals surface area contributed by atoms with E-state index in [0.29, 0.717) is 19.5 Å². The smallest absolute Gasteiger partial charge is 0.227 e. The van der Waals surface area contributed by atoms with Crippen molar-refractivity contribution in [2.75, 3.05) is 18.0 Å². The van der Waals surface area contributed by atoms with E-state index in [1.165, 1.54) is 0 Å². The monoisotopic (exact) mass is 334 g/mol. The van der Waals surface area contributed by atoms with Gasteiger partial charge in [-0.3, -0.25) is 9.89 Å². The number of anilines is 1. The first kappa shape index (κ1) is 13.0. The number of nitrogens with zero attached hydrogens (tertiary/aromatic N) is 5. The van der Waals surface area contributed by atoms with Crippen molar-refractivity contribution in [3.05, 3.63) is 33.2 Å². The molecule has 102 valence electrons. The molecule has 1 aliphatic heterocycles. The van der Waals surface area contributed by atoms with Crippen LogP contribution >= 0.6 is 15.9 Å². The Bertz CT molecular complexity index is 720. The predicted octanol–water partition coefficient (Wildman–Crippen LogP) is 2.99. The lowest BCUT2D eigenvalue weighted by Crippen LogP contribution is -2.24. The molecule has 8 heteroatoms. The molecule has 0 spiro atoms. The Morgan fingerprint density at radius 1 is 1.60 bits per heavy atom. The number of halogens is 1. The Hall–Kier alpha value is -2.05. The molecule has 20 heavy (non-hydrogen) atoms. The zero-order chi connectivity index (χ0) is 14.1. The van der Waals surface area contributed by atoms with Gasteiger partial charge in [0, 0.05) is 35.5 Å². The van der Waals surface area contributed by atoms with E-state index in [1.54, 1.807) is 4.90 Å². The highest BCUT2D eigenvalue weighted by Gasteiger charge is 2.30. The average molecular weight is 335 g/mol. The molecule has 1 aromatic heterocycles. The van der Waals surface area contributed by atoms with Gasteiger partial charge in [-0.25, -0.2) is 0 Å². The van der Waals surface area contributed by atoms with Crippen molar-refractivity contribution in [3.63, 3.8) is 0 Å². The van der Waals surface area contributed by atoms with Crippen LogP contribution in [0.3, 0.4) is 0 Å². The summed E-state index contributed by atoms with van der Waals surface area (Å²) in [7, 11) is 0. The summed E-state index contributed by atoms with van der Waals surface area (Å²) < 4.78 is 0.798. The zero-order valence-electron chi connectivity index (χ0n) is 10.5. The standard InChI is InChI=1S/C12H11BrN6O/c13-12-9-4-8(1-2-10(9)16-17-12)19-6-7(3-11(19)20)5-15-18-14/h1-2,4,7H,3,5-6H2,(H,16,17). The van der Waals surface area contributed by atoms with Crippen molar-refractivity contribution in [1.82, 2.24) is 10.2 Å². The molecule has 1 N–H and O–H groups in total. The van der Waals surface area contributed by atoms with E-state index in [0.717, 1.165) is 21.2 Å². The minimum Gasteiger partial charge on any atom is -0.312 e. The Morgan fingerprint density at radius 2 is 2.45 bits per heavy atom. The summed E-state index contributed by atoms with van der Waals surface area (Å²) in [5.41, 5.74) is 10.0. The molecule has 1 aliphatic rings. The molecule has 1 aromatic carbocycles. The van der Waals surface area contributed by atoms with Crippen molar-refractivity contribution >= 4 is 38.4 Å². The number of amides is 1. The molecule has 1 unspecified atom stereocenters. The maximum atomic E-state index is 12.1. The van der Waals surface area contributed by atoms with Gasteiger partial charge in [-0.2, -0.15) is 5.10 Å². The fourth-order valence-corrected chi connectivity index (χ4v) is 2.85. The van der Waals surface area contributed by atoms with Gasteiger partial charge in [0.1, 0.15) is 4.60 Å². The Morgan fingerprint density at radius 3 is 3.25 bits per heavy atom. The second-order valence-corrected chi connectivity index (χ2v) is 5.52. The highest BCUT2D eigenvalue weighted by atomic mass is 79.9. The van der Waals surface area contributed by atoms with Gasteiger partial charge in [0.05, 0.1) is 5.52 Å². The number of nitrogens with one attached hydrogen (secondary N) is 1. The lowest BCUT2D eigenvalue weighted by Gasteiger charge is -2.16. The Balaban J connectivity index is 1.88. The molecule has 0 aliphatic carbocycles. The van der Waals surface area contributed by atoms with E-state index in [-0.39, 0.29) is 11.8 Å². The van der Waals surface area contributed by atoms with Gasteiger partial charge in [0.25, 0.3) is 0 Å². The lowest BCUT2D eigenvalue weighted by atomic mass is 10.1. The quantitative estimate of drug-likeness (QED) is 0.530. The SMILES string of the molecule is [N-]=[N+]=NCC1CC(=O)N(c2ccc3n[nH]c(Br)c3c2)C1. The second-order valence-electron chi connectivity index (χ2n) is 4.73. The van der Waals surface area contributed by atoms with Crippen LogP contribution in [0.25, 0.3) is 21.3 Å². The molecule has 1 saturated heterocycles. The maximum Gasteiger partial charge on any atom is 0.227 e. The first-order valence-corrected chi connectivity index (χ1v) is 6.93. The van der Waals surface area contributed by atoms with Gasteiger partial charge in [0.2, 0.25) is 5.91 Å². The number of hydrogen-bond acceptors (Lipinski definition) is 3. The van der Waals surface area contributed by atoms with E-state index < -0.39 is 0 Å². The fourth-order valence-electron chi connectivity index (χ4n) is 2.44. The molecule has 0 bridgehead atoms. The Kier molecular flexibility index (Phi) is 3.33. The van der Waals surface area contributed by atoms with Crippen LogP contribution in [-0.2, 0) is 4.79 Å². The highest BCUT2D eigenvalue weighted by molar-refractivity contribution is 9.10. The molecule has 3 rings (SSSR count). The molecule has 2 heterocycles. The number of hydrogen-bond donors (Lipinski definition) is 1. The topological polar surface area (TPSA) is 97.8 Å². The lowest BCUT2D eigenvalue weighted by molar-refractivity contribution is -0.117. The molecule has 1 amide bonds. The number of benzene rings is 1. The van der Waals surface area contributed by atoms with Crippen molar-refractivity contribution < 1.29 is 4.79 Å². The molecule has 2 aromatic rings. The van der Waals surface area contributed by atoms with Crippen LogP contribution in [0, 0.1) is 5.92 Å². The van der Waals surface area contributed by atoms with Gasteiger partial charge >= 0.3 is 0 Å². The molecule has 7 nitrogen and oxygen atoms in total. The third kappa shape index (κ3) is 2.23. The number of fused-ring (bicyclic) bond motifs is 1. The van der Waals surface area contributed by atoms with Gasteiger partial charge in [-0.05, 0) is 45.6 Å². The molecular weight excluding hydrogens is 324 g/mol. The van der Waals surface area contributed by atoms with Crippen LogP contribution in [0.15, 0.2) is 27.9 Å². The second kappa shape index (κ2) is 5.15. The summed E-state index contributed by atoms with van der Waals surface area (Å²) in [6.07, 6.45) is 0.420. The van der Waals surface area contributed by atoms with Crippen LogP contribution < -0.4 is 4.90 Å². The van der Waals surface area contributed by atoms with Crippen molar-refractivity contribution in [2.45, 2.75) is 6.42 Å². The summed E-state index contributed by atoms with van der Waals surface area (Å²) in [6.45, 7) is 0.940. The first-order chi connectivity index (χ1) is 9.69. The summed E-state index contributed by atoms with van der Waals surface area (Å²) >= 11 is 3.39. The van der Waals surface area contributed by atoms with Crippen LogP contribution in [0.5, 0.6) is 0 Å². The van der Waals surface area contributed by atoms with E-state index >= 15 is 0 Å². The number of azide groups is 1. The largest absolute Gasteiger partial charge is 0.312 e. The van der Waals surface area contributed by atoms with Gasteiger partial charge in [0.15, 0.2) is 0 Å². The van der Waals surface area contributed by atoms with Crippen LogP contribution in [-0.4, -0.2) is 29.2 Å². The maximum absolute atomic E-state index is 12.1. The highest BCUT2D eigenvalue weighted by Crippen LogP contribution is 2.30. The minimum atomic E-state index is 0.0575. The van der Waals surface area contributed by atoms with E-state index in [9.17, 15) is 4.79 Å². The summed E-state index contributed by atoms with van der Waals surface area (Å²) in [5, 5.41) is 11.5. The van der Waals surface area contributed by atoms with Crippen molar-refractivity contribution in [2.24, 2.45) is 11.0 Å². The third-order valence-electron chi connectivity index (χ3n) is 3.41. The number of rotatable bonds is 3. The number of H-pyrrole nitrogens is 1. The van der Waals surface area contributed by atoms with Gasteiger partial charge < -0.3 is 4.90 Å². The summed E-state index contributed by atoms with van der Waals surface area (Å²) in [5.74, 6) is 0.143. The first-order valence-electron chi connectivity index (χ1n) is 6.14. The van der Waals surface area contributed by atoms with Crippen molar-refractivity contribution in [3.8, 4) is 0 Å². The number of aromatic amines is 1. The Labute approximate surface area is 122 Å². The van der Waals surface area contributed by atoms with Gasteiger partial charge in [-0.1, -0.05) is 5.11 Å². The minimum absolute atomic E-state index is 0.0575. The molecule has 0 radical (unpaired) electrons.